The average Bonchev–Trinajstić information content (AvgIpc) is 3.16. The lowest BCUT2D eigenvalue weighted by Gasteiger charge is -2.22. The number of hydrogen-bond acceptors (Lipinski definition) is 5. The predicted octanol–water partition coefficient (Wildman–Crippen LogP) is 12.9. The maximum absolute atomic E-state index is 12.3. The second kappa shape index (κ2) is 42.8. The highest BCUT2D eigenvalue weighted by molar-refractivity contribution is 5.76. The molecule has 53 heavy (non-hydrogen) atoms. The summed E-state index contributed by atoms with van der Waals surface area (Å²) in [6.45, 7) is 4.79. The van der Waals surface area contributed by atoms with Crippen LogP contribution in [-0.4, -0.2) is 47.4 Å². The number of aliphatic hydroxyl groups excluding tert-OH is 2. The first-order valence-electron chi connectivity index (χ1n) is 22.7. The first-order chi connectivity index (χ1) is 26.0. The number of aliphatic hydroxyl groups is 2. The monoisotopic (exact) mass is 746 g/mol. The lowest BCUT2D eigenvalue weighted by molar-refractivity contribution is -0.143. The largest absolute Gasteiger partial charge is 0.466 e. The molecule has 6 heteroatoms. The van der Waals surface area contributed by atoms with Gasteiger partial charge in [-0.15, -0.1) is 0 Å². The van der Waals surface area contributed by atoms with E-state index in [-0.39, 0.29) is 18.5 Å². The quantitative estimate of drug-likeness (QED) is 0.0329. The van der Waals surface area contributed by atoms with Gasteiger partial charge in [0.05, 0.1) is 25.4 Å². The molecule has 2 atom stereocenters. The van der Waals surface area contributed by atoms with E-state index in [2.05, 4.69) is 55.6 Å². The van der Waals surface area contributed by atoms with Crippen LogP contribution in [0, 0.1) is 0 Å². The zero-order valence-electron chi connectivity index (χ0n) is 35.0. The molecule has 310 valence electrons. The fraction of sp³-hybridized carbons (Fsp3) is 0.830. The summed E-state index contributed by atoms with van der Waals surface area (Å²) in [7, 11) is 0. The number of unbranched alkanes of at least 4 members (excludes halogenated alkanes) is 24. The Labute approximate surface area is 328 Å². The molecule has 1 amide bonds. The smallest absolute Gasteiger partial charge is 0.305 e. The van der Waals surface area contributed by atoms with Gasteiger partial charge in [0.15, 0.2) is 0 Å². The molecule has 0 bridgehead atoms. The Hall–Kier alpha value is -1.92. The molecular formula is C47H87NO5. The zero-order valence-corrected chi connectivity index (χ0v) is 35.0. The van der Waals surface area contributed by atoms with Crippen molar-refractivity contribution in [2.45, 2.75) is 238 Å². The lowest BCUT2D eigenvalue weighted by atomic mass is 10.0. The number of hydrogen-bond donors (Lipinski definition) is 3. The van der Waals surface area contributed by atoms with Crippen LogP contribution in [0.3, 0.4) is 0 Å². The summed E-state index contributed by atoms with van der Waals surface area (Å²) in [5, 5.41) is 23.0. The first-order valence-corrected chi connectivity index (χ1v) is 22.7. The number of ether oxygens (including phenoxy) is 1. The molecular weight excluding hydrogens is 659 g/mol. The lowest BCUT2D eigenvalue weighted by Crippen LogP contribution is -2.45. The molecule has 0 aliphatic rings. The summed E-state index contributed by atoms with van der Waals surface area (Å²) >= 11 is 0. The molecule has 0 radical (unpaired) electrons. The van der Waals surface area contributed by atoms with Crippen LogP contribution < -0.4 is 5.32 Å². The fourth-order valence-corrected chi connectivity index (χ4v) is 6.60. The Kier molecular flexibility index (Phi) is 41.3. The summed E-state index contributed by atoms with van der Waals surface area (Å²) in [4.78, 5) is 24.4. The summed E-state index contributed by atoms with van der Waals surface area (Å²) in [5.41, 5.74) is 0. The molecule has 2 unspecified atom stereocenters. The summed E-state index contributed by atoms with van der Waals surface area (Å²) in [6.07, 6.45) is 49.6. The van der Waals surface area contributed by atoms with Gasteiger partial charge in [0.2, 0.25) is 5.91 Å². The van der Waals surface area contributed by atoms with Crippen LogP contribution in [0.1, 0.15) is 226 Å². The van der Waals surface area contributed by atoms with E-state index in [0.29, 0.717) is 25.9 Å². The standard InChI is InChI=1S/C47H87NO5/c1-3-5-7-9-11-13-14-15-16-17-18-19-20-25-29-33-37-41-47(52)53-42-38-34-30-26-22-21-24-28-32-36-40-46(51)48-44(43-49)45(50)39-35-31-27-23-12-10-8-6-4-2/h11,13,15-16,22,26,44-45,49-50H,3-10,12,14,17-21,23-25,27-43H2,1-2H3,(H,48,51)/b13-11-,16-15-,26-22-. The van der Waals surface area contributed by atoms with E-state index < -0.39 is 12.1 Å². The van der Waals surface area contributed by atoms with Crippen molar-refractivity contribution in [3.8, 4) is 0 Å². The third kappa shape index (κ3) is 39.6. The van der Waals surface area contributed by atoms with Crippen molar-refractivity contribution in [2.24, 2.45) is 0 Å². The van der Waals surface area contributed by atoms with Gasteiger partial charge in [-0.1, -0.05) is 166 Å². The van der Waals surface area contributed by atoms with Crippen LogP contribution in [0.25, 0.3) is 0 Å². The molecule has 0 rings (SSSR count). The second-order valence-electron chi connectivity index (χ2n) is 15.4. The minimum atomic E-state index is -0.684. The number of esters is 1. The summed E-state index contributed by atoms with van der Waals surface area (Å²) < 4.78 is 5.42. The molecule has 0 aromatic carbocycles. The third-order valence-corrected chi connectivity index (χ3v) is 10.2. The SMILES string of the molecule is CCCCC/C=C\C/C=C\CCCCCCCCCC(=O)OCCCC/C=C\CCCCCCC(=O)NC(CO)C(O)CCCCCCCCCCC. The van der Waals surface area contributed by atoms with Crippen LogP contribution in [-0.2, 0) is 14.3 Å². The maximum Gasteiger partial charge on any atom is 0.305 e. The number of rotatable bonds is 41. The van der Waals surface area contributed by atoms with Gasteiger partial charge in [0.1, 0.15) is 0 Å². The average molecular weight is 746 g/mol. The van der Waals surface area contributed by atoms with Crippen LogP contribution >= 0.6 is 0 Å². The number of allylic oxidation sites excluding steroid dienone is 6. The number of carbonyl (C=O) groups is 2. The van der Waals surface area contributed by atoms with Gasteiger partial charge in [-0.3, -0.25) is 9.59 Å². The topological polar surface area (TPSA) is 95.9 Å². The second-order valence-corrected chi connectivity index (χ2v) is 15.4. The molecule has 0 saturated carbocycles. The first kappa shape index (κ1) is 51.1. The van der Waals surface area contributed by atoms with E-state index in [9.17, 15) is 19.8 Å². The Balaban J connectivity index is 3.53. The molecule has 0 spiro atoms. The number of nitrogens with one attached hydrogen (secondary N) is 1. The van der Waals surface area contributed by atoms with Crippen molar-refractivity contribution in [3.63, 3.8) is 0 Å². The molecule has 0 aromatic heterocycles. The van der Waals surface area contributed by atoms with Gasteiger partial charge in [0, 0.05) is 12.8 Å². The molecule has 0 heterocycles. The molecule has 6 nitrogen and oxygen atoms in total. The van der Waals surface area contributed by atoms with Gasteiger partial charge in [-0.05, 0) is 83.5 Å². The van der Waals surface area contributed by atoms with Crippen molar-refractivity contribution >= 4 is 11.9 Å². The fourth-order valence-electron chi connectivity index (χ4n) is 6.60. The van der Waals surface area contributed by atoms with E-state index in [4.69, 9.17) is 4.74 Å². The van der Waals surface area contributed by atoms with E-state index in [1.54, 1.807) is 0 Å². The Morgan fingerprint density at radius 1 is 0.528 bits per heavy atom. The molecule has 0 aliphatic heterocycles. The normalized spacial score (nSPS) is 13.1. The van der Waals surface area contributed by atoms with Crippen molar-refractivity contribution in [1.82, 2.24) is 5.32 Å². The van der Waals surface area contributed by atoms with Gasteiger partial charge < -0.3 is 20.3 Å². The molecule has 0 saturated heterocycles. The maximum atomic E-state index is 12.3. The van der Waals surface area contributed by atoms with E-state index in [1.807, 2.05) is 0 Å². The van der Waals surface area contributed by atoms with Crippen molar-refractivity contribution in [2.75, 3.05) is 13.2 Å². The molecule has 0 aromatic rings. The predicted molar refractivity (Wildman–Crippen MR) is 227 cm³/mol. The van der Waals surface area contributed by atoms with Gasteiger partial charge in [0.25, 0.3) is 0 Å². The number of carbonyl (C=O) groups excluding carboxylic acids is 2. The Morgan fingerprint density at radius 3 is 1.49 bits per heavy atom. The van der Waals surface area contributed by atoms with Crippen molar-refractivity contribution < 1.29 is 24.5 Å². The Bertz CT molecular complexity index is 869. The molecule has 3 N–H and O–H groups in total. The van der Waals surface area contributed by atoms with E-state index in [0.717, 1.165) is 83.5 Å². The molecule has 0 fully saturated rings. The minimum Gasteiger partial charge on any atom is -0.466 e. The van der Waals surface area contributed by atoms with Crippen molar-refractivity contribution in [3.05, 3.63) is 36.5 Å². The molecule has 0 aliphatic carbocycles. The van der Waals surface area contributed by atoms with Crippen LogP contribution in [0.2, 0.25) is 0 Å². The minimum absolute atomic E-state index is 0.0456. The van der Waals surface area contributed by atoms with Gasteiger partial charge in [-0.25, -0.2) is 0 Å². The summed E-state index contributed by atoms with van der Waals surface area (Å²) in [5.74, 6) is -0.121. The highest BCUT2D eigenvalue weighted by atomic mass is 16.5. The Morgan fingerprint density at radius 2 is 0.943 bits per heavy atom. The van der Waals surface area contributed by atoms with Crippen LogP contribution in [0.15, 0.2) is 36.5 Å². The number of amides is 1. The van der Waals surface area contributed by atoms with Gasteiger partial charge in [-0.2, -0.15) is 0 Å². The van der Waals surface area contributed by atoms with Gasteiger partial charge >= 0.3 is 5.97 Å². The highest BCUT2D eigenvalue weighted by Crippen LogP contribution is 2.14. The highest BCUT2D eigenvalue weighted by Gasteiger charge is 2.20. The van der Waals surface area contributed by atoms with Crippen LogP contribution in [0.5, 0.6) is 0 Å². The third-order valence-electron chi connectivity index (χ3n) is 10.2. The zero-order chi connectivity index (χ0) is 38.7. The van der Waals surface area contributed by atoms with Crippen LogP contribution in [0.4, 0.5) is 0 Å². The van der Waals surface area contributed by atoms with E-state index >= 15 is 0 Å². The van der Waals surface area contributed by atoms with E-state index in [1.165, 1.54) is 109 Å². The van der Waals surface area contributed by atoms with Crippen molar-refractivity contribution in [1.29, 1.82) is 0 Å². The summed E-state index contributed by atoms with van der Waals surface area (Å²) in [6, 6.07) is -0.565.